The third-order valence-electron chi connectivity index (χ3n) is 2.46. The summed E-state index contributed by atoms with van der Waals surface area (Å²) in [6, 6.07) is 7.73. The van der Waals surface area contributed by atoms with E-state index in [0.29, 0.717) is 0 Å². The quantitative estimate of drug-likeness (QED) is 0.659. The average molecular weight is 310 g/mol. The van der Waals surface area contributed by atoms with E-state index >= 15 is 0 Å². The van der Waals surface area contributed by atoms with Crippen LogP contribution < -0.4 is 0 Å². The Bertz CT molecular complexity index is 516. The zero-order valence-corrected chi connectivity index (χ0v) is 14.9. The Morgan fingerprint density at radius 1 is 1.05 bits per heavy atom. The summed E-state index contributed by atoms with van der Waals surface area (Å²) >= 11 is 0. The van der Waals surface area contributed by atoms with Crippen LogP contribution in [0.15, 0.2) is 30.8 Å². The zero-order valence-electron chi connectivity index (χ0n) is 14.0. The van der Waals surface area contributed by atoms with Gasteiger partial charge in [0.25, 0.3) is 0 Å². The summed E-state index contributed by atoms with van der Waals surface area (Å²) in [4.78, 5) is 0. The lowest BCUT2D eigenvalue weighted by Crippen LogP contribution is -2.24. The van der Waals surface area contributed by atoms with Gasteiger partial charge in [-0.15, -0.1) is 0 Å². The first-order chi connectivity index (χ1) is 9.44. The van der Waals surface area contributed by atoms with Gasteiger partial charge in [-0.1, -0.05) is 36.9 Å². The van der Waals surface area contributed by atoms with Gasteiger partial charge >= 0.3 is 7.60 Å². The number of rotatable bonds is 5. The smallest absolute Gasteiger partial charge is 0.303 e. The molecular weight excluding hydrogens is 283 g/mol. The Morgan fingerprint density at radius 3 is 1.95 bits per heavy atom. The SMILES string of the molecule is C=Cc1ccccc1CP(=O)(OC(C)(C)C)OC(C)(C)C. The molecule has 0 N–H and O–H groups in total. The molecule has 3 nitrogen and oxygen atoms in total. The minimum absolute atomic E-state index is 0.240. The minimum atomic E-state index is -3.27. The van der Waals surface area contributed by atoms with Crippen molar-refractivity contribution >= 4 is 13.7 Å². The van der Waals surface area contributed by atoms with Gasteiger partial charge in [0.15, 0.2) is 0 Å². The molecule has 1 aromatic carbocycles. The van der Waals surface area contributed by atoms with E-state index in [4.69, 9.17) is 9.05 Å². The Morgan fingerprint density at radius 2 is 1.52 bits per heavy atom. The topological polar surface area (TPSA) is 35.5 Å². The minimum Gasteiger partial charge on any atom is -0.303 e. The van der Waals surface area contributed by atoms with Gasteiger partial charge in [0.1, 0.15) is 0 Å². The Kier molecular flexibility index (Phi) is 5.60. The fourth-order valence-corrected chi connectivity index (χ4v) is 4.54. The normalized spacial score (nSPS) is 13.2. The molecule has 21 heavy (non-hydrogen) atoms. The molecule has 0 bridgehead atoms. The monoisotopic (exact) mass is 310 g/mol. The van der Waals surface area contributed by atoms with Crippen LogP contribution in [-0.4, -0.2) is 11.2 Å². The van der Waals surface area contributed by atoms with Gasteiger partial charge in [0, 0.05) is 0 Å². The summed E-state index contributed by atoms with van der Waals surface area (Å²) in [6.45, 7) is 15.1. The summed E-state index contributed by atoms with van der Waals surface area (Å²) in [5, 5.41) is 0. The van der Waals surface area contributed by atoms with E-state index in [9.17, 15) is 4.57 Å². The van der Waals surface area contributed by atoms with Crippen molar-refractivity contribution in [3.8, 4) is 0 Å². The Balaban J connectivity index is 3.13. The van der Waals surface area contributed by atoms with E-state index in [1.807, 2.05) is 65.8 Å². The predicted molar refractivity (Wildman–Crippen MR) is 89.5 cm³/mol. The van der Waals surface area contributed by atoms with Crippen LogP contribution in [0, 0.1) is 0 Å². The van der Waals surface area contributed by atoms with Crippen molar-refractivity contribution in [2.45, 2.75) is 58.9 Å². The van der Waals surface area contributed by atoms with Crippen molar-refractivity contribution < 1.29 is 13.6 Å². The molecule has 0 atom stereocenters. The van der Waals surface area contributed by atoms with Gasteiger partial charge in [-0.05, 0) is 52.7 Å². The maximum absolute atomic E-state index is 13.2. The first kappa shape index (κ1) is 18.2. The van der Waals surface area contributed by atoms with Crippen molar-refractivity contribution in [3.05, 3.63) is 42.0 Å². The number of hydrogen-bond acceptors (Lipinski definition) is 3. The van der Waals surface area contributed by atoms with Gasteiger partial charge in [-0.2, -0.15) is 0 Å². The molecule has 0 aliphatic rings. The third-order valence-corrected chi connectivity index (χ3v) is 4.84. The number of hydrogen-bond donors (Lipinski definition) is 0. The summed E-state index contributed by atoms with van der Waals surface area (Å²) in [6.07, 6.45) is 2.00. The van der Waals surface area contributed by atoms with Crippen LogP contribution in [0.4, 0.5) is 0 Å². The maximum Gasteiger partial charge on any atom is 0.336 e. The molecule has 0 saturated carbocycles. The molecule has 1 rings (SSSR count). The lowest BCUT2D eigenvalue weighted by Gasteiger charge is -2.32. The van der Waals surface area contributed by atoms with Crippen molar-refractivity contribution in [3.63, 3.8) is 0 Å². The van der Waals surface area contributed by atoms with E-state index in [0.717, 1.165) is 11.1 Å². The second-order valence-electron chi connectivity index (χ2n) is 7.08. The van der Waals surface area contributed by atoms with Gasteiger partial charge in [0.05, 0.1) is 17.4 Å². The van der Waals surface area contributed by atoms with E-state index in [1.165, 1.54) is 0 Å². The Hall–Kier alpha value is -0.890. The molecule has 118 valence electrons. The van der Waals surface area contributed by atoms with Crippen LogP contribution in [-0.2, 0) is 19.8 Å². The highest BCUT2D eigenvalue weighted by molar-refractivity contribution is 7.53. The lowest BCUT2D eigenvalue weighted by atomic mass is 10.1. The van der Waals surface area contributed by atoms with Crippen molar-refractivity contribution in [2.24, 2.45) is 0 Å². The van der Waals surface area contributed by atoms with Gasteiger partial charge in [-0.3, -0.25) is 4.57 Å². The third kappa shape index (κ3) is 6.60. The lowest BCUT2D eigenvalue weighted by molar-refractivity contribution is 0.0485. The molecule has 0 saturated heterocycles. The first-order valence-corrected chi connectivity index (χ1v) is 8.88. The fourth-order valence-electron chi connectivity index (χ4n) is 2.00. The largest absolute Gasteiger partial charge is 0.336 e. The highest BCUT2D eigenvalue weighted by atomic mass is 31.2. The van der Waals surface area contributed by atoms with E-state index < -0.39 is 18.8 Å². The summed E-state index contributed by atoms with van der Waals surface area (Å²) in [5.74, 6) is 0. The van der Waals surface area contributed by atoms with E-state index in [-0.39, 0.29) is 6.16 Å². The fraction of sp³-hybridized carbons (Fsp3) is 0.529. The molecule has 0 spiro atoms. The maximum atomic E-state index is 13.2. The van der Waals surface area contributed by atoms with Gasteiger partial charge in [0.2, 0.25) is 0 Å². The standard InChI is InChI=1S/C17H27O3P/c1-8-14-11-9-10-12-15(14)13-21(18,19-16(2,3)4)20-17(5,6)7/h8-12H,1,13H2,2-7H3. The van der Waals surface area contributed by atoms with Gasteiger partial charge in [-0.25, -0.2) is 0 Å². The molecular formula is C17H27O3P. The summed E-state index contributed by atoms with van der Waals surface area (Å²) < 4.78 is 24.8. The molecule has 0 heterocycles. The number of benzene rings is 1. The van der Waals surface area contributed by atoms with E-state index in [1.54, 1.807) is 6.08 Å². The molecule has 0 amide bonds. The van der Waals surface area contributed by atoms with Crippen molar-refractivity contribution in [1.29, 1.82) is 0 Å². The van der Waals surface area contributed by atoms with Crippen molar-refractivity contribution in [2.75, 3.05) is 0 Å². The van der Waals surface area contributed by atoms with Crippen LogP contribution in [0.1, 0.15) is 52.7 Å². The second kappa shape index (κ2) is 6.48. The van der Waals surface area contributed by atoms with Gasteiger partial charge < -0.3 is 9.05 Å². The molecule has 0 unspecified atom stereocenters. The van der Waals surface area contributed by atoms with Crippen LogP contribution in [0.25, 0.3) is 6.08 Å². The molecule has 0 aliphatic carbocycles. The molecule has 1 aromatic rings. The molecule has 4 heteroatoms. The highest BCUT2D eigenvalue weighted by Crippen LogP contribution is 2.57. The van der Waals surface area contributed by atoms with Crippen LogP contribution in [0.3, 0.4) is 0 Å². The summed E-state index contributed by atoms with van der Waals surface area (Å²) in [5.41, 5.74) is 0.797. The molecule has 0 aromatic heterocycles. The second-order valence-corrected chi connectivity index (χ2v) is 8.98. The first-order valence-electron chi connectivity index (χ1n) is 7.15. The van der Waals surface area contributed by atoms with E-state index in [2.05, 4.69) is 6.58 Å². The van der Waals surface area contributed by atoms with Crippen molar-refractivity contribution in [1.82, 2.24) is 0 Å². The zero-order chi connectivity index (χ0) is 16.3. The van der Waals surface area contributed by atoms with Crippen LogP contribution >= 0.6 is 7.60 Å². The van der Waals surface area contributed by atoms with Crippen LogP contribution in [0.2, 0.25) is 0 Å². The Labute approximate surface area is 128 Å². The molecule has 0 fully saturated rings. The highest BCUT2D eigenvalue weighted by Gasteiger charge is 2.35. The predicted octanol–water partition coefficient (Wildman–Crippen LogP) is 5.65. The van der Waals surface area contributed by atoms with Crippen LogP contribution in [0.5, 0.6) is 0 Å². The molecule has 0 radical (unpaired) electrons. The molecule has 0 aliphatic heterocycles. The average Bonchev–Trinajstić information content (AvgIpc) is 2.23. The summed E-state index contributed by atoms with van der Waals surface area (Å²) in [7, 11) is -3.27.